The summed E-state index contributed by atoms with van der Waals surface area (Å²) in [6.07, 6.45) is 3.84. The molecule has 1 saturated carbocycles. The van der Waals surface area contributed by atoms with Crippen LogP contribution in [0.4, 0.5) is 0 Å². The molecule has 8 nitrogen and oxygen atoms in total. The van der Waals surface area contributed by atoms with E-state index in [2.05, 4.69) is 25.5 Å². The standard InChI is InChI=1S/C25H24ClN5O3S/c26-17-9-5-15(6-10-17)23-30-31-24(34-23)16-7-11-18(12-8-16)27-21(32)13-14-35-25-28-20-4-2-1-3-19(20)22(33)29-25/h1-6,9-10,16,18H,7-8,11-14H2,(H,27,32)(H,28,29,33). The monoisotopic (exact) mass is 509 g/mol. The number of aromatic nitrogens is 4. The van der Waals surface area contributed by atoms with Gasteiger partial charge in [-0.3, -0.25) is 9.59 Å². The lowest BCUT2D eigenvalue weighted by molar-refractivity contribution is -0.121. The van der Waals surface area contributed by atoms with Gasteiger partial charge < -0.3 is 14.7 Å². The molecule has 1 aliphatic rings. The summed E-state index contributed by atoms with van der Waals surface area (Å²) in [4.78, 5) is 31.9. The number of rotatable bonds is 7. The van der Waals surface area contributed by atoms with Crippen LogP contribution in [0.15, 0.2) is 62.9 Å². The summed E-state index contributed by atoms with van der Waals surface area (Å²) in [6, 6.07) is 14.7. The molecule has 0 atom stereocenters. The lowest BCUT2D eigenvalue weighted by Crippen LogP contribution is -2.37. The fourth-order valence-corrected chi connectivity index (χ4v) is 5.20. The highest BCUT2D eigenvalue weighted by molar-refractivity contribution is 7.99. The summed E-state index contributed by atoms with van der Waals surface area (Å²) in [6.45, 7) is 0. The summed E-state index contributed by atoms with van der Waals surface area (Å²) < 4.78 is 5.91. The van der Waals surface area contributed by atoms with Gasteiger partial charge in [-0.1, -0.05) is 35.5 Å². The number of carbonyl (C=O) groups excluding carboxylic acids is 1. The molecule has 0 radical (unpaired) electrons. The molecule has 0 aliphatic heterocycles. The predicted molar refractivity (Wildman–Crippen MR) is 136 cm³/mol. The second-order valence-electron chi connectivity index (χ2n) is 8.56. The van der Waals surface area contributed by atoms with Crippen molar-refractivity contribution >= 4 is 40.2 Å². The van der Waals surface area contributed by atoms with Crippen LogP contribution in [-0.2, 0) is 4.79 Å². The van der Waals surface area contributed by atoms with Gasteiger partial charge in [-0.05, 0) is 62.1 Å². The molecule has 2 N–H and O–H groups in total. The van der Waals surface area contributed by atoms with Crippen LogP contribution >= 0.6 is 23.4 Å². The Labute approximate surface area is 210 Å². The van der Waals surface area contributed by atoms with Crippen molar-refractivity contribution < 1.29 is 9.21 Å². The number of halogens is 1. The van der Waals surface area contributed by atoms with Crippen molar-refractivity contribution in [2.24, 2.45) is 0 Å². The maximum atomic E-state index is 12.4. The van der Waals surface area contributed by atoms with Gasteiger partial charge in [0.1, 0.15) is 0 Å². The van der Waals surface area contributed by atoms with E-state index < -0.39 is 0 Å². The molecular formula is C25H24ClN5O3S. The lowest BCUT2D eigenvalue weighted by atomic mass is 9.86. The first-order valence-electron chi connectivity index (χ1n) is 11.6. The van der Waals surface area contributed by atoms with Gasteiger partial charge in [-0.15, -0.1) is 10.2 Å². The normalized spacial score (nSPS) is 18.0. The molecule has 1 amide bonds. The van der Waals surface area contributed by atoms with Crippen LogP contribution in [0.3, 0.4) is 0 Å². The van der Waals surface area contributed by atoms with Gasteiger partial charge in [0.05, 0.1) is 10.9 Å². The summed E-state index contributed by atoms with van der Waals surface area (Å²) in [5.74, 6) is 1.88. The average molecular weight is 510 g/mol. The molecule has 1 aliphatic carbocycles. The molecule has 0 unspecified atom stereocenters. The number of amides is 1. The van der Waals surface area contributed by atoms with Crippen molar-refractivity contribution in [2.75, 3.05) is 5.75 Å². The molecule has 2 aromatic heterocycles. The molecule has 0 spiro atoms. The number of H-pyrrole nitrogens is 1. The lowest BCUT2D eigenvalue weighted by Gasteiger charge is -2.27. The van der Waals surface area contributed by atoms with E-state index in [0.717, 1.165) is 31.2 Å². The quantitative estimate of drug-likeness (QED) is 0.267. The molecule has 180 valence electrons. The SMILES string of the molecule is O=C(CCSc1nc2ccccc2c(=O)[nH]1)NC1CCC(c2nnc(-c3ccc(Cl)cc3)o2)CC1. The zero-order valence-electron chi connectivity index (χ0n) is 18.9. The van der Waals surface area contributed by atoms with Gasteiger partial charge in [0.2, 0.25) is 17.7 Å². The van der Waals surface area contributed by atoms with E-state index in [-0.39, 0.29) is 23.4 Å². The Bertz CT molecular complexity index is 1380. The van der Waals surface area contributed by atoms with Crippen LogP contribution in [0.1, 0.15) is 43.9 Å². The summed E-state index contributed by atoms with van der Waals surface area (Å²) in [7, 11) is 0. The fourth-order valence-electron chi connectivity index (χ4n) is 4.27. The Hall–Kier alpha value is -3.17. The van der Waals surface area contributed by atoms with Crippen LogP contribution in [0.5, 0.6) is 0 Å². The highest BCUT2D eigenvalue weighted by Crippen LogP contribution is 2.33. The number of hydrogen-bond acceptors (Lipinski definition) is 7. The first-order valence-corrected chi connectivity index (χ1v) is 12.9. The average Bonchev–Trinajstić information content (AvgIpc) is 3.35. The number of para-hydroxylation sites is 1. The van der Waals surface area contributed by atoms with Crippen molar-refractivity contribution in [3.63, 3.8) is 0 Å². The second-order valence-corrected chi connectivity index (χ2v) is 10.1. The van der Waals surface area contributed by atoms with Gasteiger partial charge in [-0.25, -0.2) is 4.98 Å². The van der Waals surface area contributed by atoms with Crippen LogP contribution in [-0.4, -0.2) is 37.9 Å². The number of carbonyl (C=O) groups is 1. The Morgan fingerprint density at radius 3 is 2.66 bits per heavy atom. The number of nitrogens with one attached hydrogen (secondary N) is 2. The van der Waals surface area contributed by atoms with Crippen molar-refractivity contribution in [3.8, 4) is 11.5 Å². The molecule has 2 heterocycles. The van der Waals surface area contributed by atoms with Gasteiger partial charge in [0, 0.05) is 34.7 Å². The number of hydrogen-bond donors (Lipinski definition) is 2. The maximum absolute atomic E-state index is 12.4. The largest absolute Gasteiger partial charge is 0.420 e. The van der Waals surface area contributed by atoms with E-state index in [4.69, 9.17) is 16.0 Å². The Morgan fingerprint density at radius 2 is 1.86 bits per heavy atom. The van der Waals surface area contributed by atoms with Crippen molar-refractivity contribution in [1.82, 2.24) is 25.5 Å². The molecule has 10 heteroatoms. The summed E-state index contributed by atoms with van der Waals surface area (Å²) in [5, 5.41) is 13.3. The molecule has 1 fully saturated rings. The number of aromatic amines is 1. The molecule has 4 aromatic rings. The van der Waals surface area contributed by atoms with Gasteiger partial charge in [-0.2, -0.15) is 0 Å². The highest BCUT2D eigenvalue weighted by atomic mass is 35.5. The minimum Gasteiger partial charge on any atom is -0.420 e. The Kier molecular flexibility index (Phi) is 7.15. The topological polar surface area (TPSA) is 114 Å². The van der Waals surface area contributed by atoms with Crippen LogP contribution in [0.25, 0.3) is 22.4 Å². The Balaban J connectivity index is 1.07. The third-order valence-corrected chi connectivity index (χ3v) is 7.26. The highest BCUT2D eigenvalue weighted by Gasteiger charge is 2.27. The van der Waals surface area contributed by atoms with Gasteiger partial charge in [0.25, 0.3) is 5.56 Å². The molecule has 2 aromatic carbocycles. The van der Waals surface area contributed by atoms with E-state index in [0.29, 0.717) is 45.0 Å². The van der Waals surface area contributed by atoms with Crippen molar-refractivity contribution in [3.05, 3.63) is 69.8 Å². The number of thioether (sulfide) groups is 1. The zero-order chi connectivity index (χ0) is 24.2. The van der Waals surface area contributed by atoms with E-state index in [1.165, 1.54) is 11.8 Å². The van der Waals surface area contributed by atoms with Crippen LogP contribution < -0.4 is 10.9 Å². The maximum Gasteiger partial charge on any atom is 0.259 e. The van der Waals surface area contributed by atoms with E-state index in [1.807, 2.05) is 30.3 Å². The fraction of sp³-hybridized carbons (Fsp3) is 0.320. The number of benzene rings is 2. The second kappa shape index (κ2) is 10.6. The first-order chi connectivity index (χ1) is 17.0. The van der Waals surface area contributed by atoms with Gasteiger partial charge in [0.15, 0.2) is 5.16 Å². The van der Waals surface area contributed by atoms with E-state index in [9.17, 15) is 9.59 Å². The molecular weight excluding hydrogens is 486 g/mol. The minimum atomic E-state index is -0.166. The number of fused-ring (bicyclic) bond motifs is 1. The van der Waals surface area contributed by atoms with Gasteiger partial charge >= 0.3 is 0 Å². The van der Waals surface area contributed by atoms with E-state index >= 15 is 0 Å². The number of nitrogens with zero attached hydrogens (tertiary/aromatic N) is 3. The predicted octanol–water partition coefficient (Wildman–Crippen LogP) is 4.95. The van der Waals surface area contributed by atoms with Crippen molar-refractivity contribution in [2.45, 2.75) is 49.2 Å². The zero-order valence-corrected chi connectivity index (χ0v) is 20.4. The van der Waals surface area contributed by atoms with E-state index in [1.54, 1.807) is 18.2 Å². The molecule has 0 bridgehead atoms. The molecule has 0 saturated heterocycles. The summed E-state index contributed by atoms with van der Waals surface area (Å²) >= 11 is 7.32. The Morgan fingerprint density at radius 1 is 1.09 bits per heavy atom. The van der Waals surface area contributed by atoms with Crippen LogP contribution in [0.2, 0.25) is 5.02 Å². The summed E-state index contributed by atoms with van der Waals surface area (Å²) in [5.41, 5.74) is 1.33. The minimum absolute atomic E-state index is 0.00639. The van der Waals surface area contributed by atoms with Crippen molar-refractivity contribution in [1.29, 1.82) is 0 Å². The van der Waals surface area contributed by atoms with Crippen LogP contribution in [0, 0.1) is 0 Å². The smallest absolute Gasteiger partial charge is 0.259 e. The third kappa shape index (κ3) is 5.74. The first kappa shape index (κ1) is 23.6. The molecule has 35 heavy (non-hydrogen) atoms. The molecule has 5 rings (SSSR count). The third-order valence-electron chi connectivity index (χ3n) is 6.13.